The molecule has 1 N–H and O–H groups in total. The second kappa shape index (κ2) is 7.21. The number of benzene rings is 1. The zero-order valence-corrected chi connectivity index (χ0v) is 14.8. The number of nitrogens with one attached hydrogen (secondary N) is 1. The Morgan fingerprint density at radius 3 is 2.48 bits per heavy atom. The molecule has 1 aliphatic carbocycles. The molecular weight excluding hydrogens is 331 g/mol. The third-order valence-electron chi connectivity index (χ3n) is 4.82. The molecular formula is C17H26BrFN2. The normalized spacial score (nSPS) is 19.1. The summed E-state index contributed by atoms with van der Waals surface area (Å²) in [5.41, 5.74) is 1.25. The minimum absolute atomic E-state index is 0.167. The van der Waals surface area contributed by atoms with E-state index in [1.54, 1.807) is 6.07 Å². The molecule has 0 saturated heterocycles. The van der Waals surface area contributed by atoms with E-state index in [1.165, 1.54) is 31.7 Å². The van der Waals surface area contributed by atoms with Crippen molar-refractivity contribution in [1.29, 1.82) is 0 Å². The number of halogens is 2. The molecule has 0 aliphatic heterocycles. The van der Waals surface area contributed by atoms with Crippen LogP contribution in [0.25, 0.3) is 0 Å². The lowest BCUT2D eigenvalue weighted by molar-refractivity contribution is 0.105. The zero-order chi connectivity index (χ0) is 15.5. The summed E-state index contributed by atoms with van der Waals surface area (Å²) in [6, 6.07) is 5.57. The minimum Gasteiger partial charge on any atom is -0.312 e. The highest BCUT2D eigenvalue weighted by molar-refractivity contribution is 9.10. The topological polar surface area (TPSA) is 15.3 Å². The van der Waals surface area contributed by atoms with E-state index in [-0.39, 0.29) is 11.4 Å². The maximum Gasteiger partial charge on any atom is 0.124 e. The molecule has 0 heterocycles. The Balaban J connectivity index is 2.25. The molecule has 1 aromatic rings. The van der Waals surface area contributed by atoms with E-state index in [9.17, 15) is 4.39 Å². The van der Waals surface area contributed by atoms with Crippen molar-refractivity contribution in [2.45, 2.75) is 50.6 Å². The highest BCUT2D eigenvalue weighted by Crippen LogP contribution is 2.38. The molecule has 1 saturated carbocycles. The molecule has 118 valence electrons. The van der Waals surface area contributed by atoms with Crippen LogP contribution in [0.15, 0.2) is 22.7 Å². The molecule has 0 aromatic heterocycles. The summed E-state index contributed by atoms with van der Waals surface area (Å²) in [6.07, 6.45) is 5.87. The van der Waals surface area contributed by atoms with Gasteiger partial charge in [0.2, 0.25) is 0 Å². The van der Waals surface area contributed by atoms with Gasteiger partial charge in [-0.2, -0.15) is 0 Å². The average molecular weight is 357 g/mol. The van der Waals surface area contributed by atoms with Crippen molar-refractivity contribution < 1.29 is 4.39 Å². The van der Waals surface area contributed by atoms with Gasteiger partial charge in [-0.3, -0.25) is 0 Å². The molecule has 2 nitrogen and oxygen atoms in total. The predicted molar refractivity (Wildman–Crippen MR) is 90.2 cm³/mol. The Morgan fingerprint density at radius 1 is 1.29 bits per heavy atom. The summed E-state index contributed by atoms with van der Waals surface area (Å²) in [7, 11) is 4.36. The Labute approximate surface area is 136 Å². The lowest BCUT2D eigenvalue weighted by Gasteiger charge is -2.44. The smallest absolute Gasteiger partial charge is 0.124 e. The molecule has 4 heteroatoms. The fourth-order valence-electron chi connectivity index (χ4n) is 3.76. The molecule has 1 aliphatic rings. The van der Waals surface area contributed by atoms with Crippen LogP contribution in [0.1, 0.15) is 38.2 Å². The van der Waals surface area contributed by atoms with Crippen LogP contribution in [-0.4, -0.2) is 37.1 Å². The number of likely N-dealkylation sites (N-methyl/N-ethyl adjacent to an activating group) is 2. The molecule has 0 bridgehead atoms. The van der Waals surface area contributed by atoms with Crippen molar-refractivity contribution >= 4 is 15.9 Å². The molecule has 21 heavy (non-hydrogen) atoms. The standard InChI is InChI=1S/C17H26BrFN2/c1-4-20-16(17(21(2)3)7-5-6-8-17)11-13-9-14(18)12-15(19)10-13/h9-10,12,16,20H,4-8,11H2,1-3H3. The van der Waals surface area contributed by atoms with Gasteiger partial charge in [0.05, 0.1) is 0 Å². The summed E-state index contributed by atoms with van der Waals surface area (Å²) in [4.78, 5) is 2.38. The highest BCUT2D eigenvalue weighted by atomic mass is 79.9. The second-order valence-electron chi connectivity index (χ2n) is 6.30. The first-order chi connectivity index (χ1) is 9.98. The molecule has 0 amide bonds. The first-order valence-corrected chi connectivity index (χ1v) is 8.63. The number of hydrogen-bond acceptors (Lipinski definition) is 2. The first kappa shape index (κ1) is 16.9. The van der Waals surface area contributed by atoms with Crippen LogP contribution < -0.4 is 5.32 Å². The first-order valence-electron chi connectivity index (χ1n) is 7.83. The van der Waals surface area contributed by atoms with E-state index in [0.29, 0.717) is 6.04 Å². The minimum atomic E-state index is -0.167. The average Bonchev–Trinajstić information content (AvgIpc) is 2.87. The largest absolute Gasteiger partial charge is 0.312 e. The van der Waals surface area contributed by atoms with Crippen molar-refractivity contribution in [3.8, 4) is 0 Å². The van der Waals surface area contributed by atoms with Crippen molar-refractivity contribution in [3.05, 3.63) is 34.1 Å². The Hall–Kier alpha value is -0.450. The van der Waals surface area contributed by atoms with E-state index in [2.05, 4.69) is 47.2 Å². The van der Waals surface area contributed by atoms with E-state index in [0.717, 1.165) is 23.0 Å². The lowest BCUT2D eigenvalue weighted by Crippen LogP contribution is -2.58. The van der Waals surface area contributed by atoms with Gasteiger partial charge in [-0.05, 0) is 63.7 Å². The molecule has 0 spiro atoms. The van der Waals surface area contributed by atoms with Crippen molar-refractivity contribution in [2.24, 2.45) is 0 Å². The van der Waals surface area contributed by atoms with Gasteiger partial charge in [-0.25, -0.2) is 4.39 Å². The summed E-state index contributed by atoms with van der Waals surface area (Å²) < 4.78 is 14.5. The van der Waals surface area contributed by atoms with Crippen LogP contribution in [0, 0.1) is 5.82 Å². The van der Waals surface area contributed by atoms with Gasteiger partial charge >= 0.3 is 0 Å². The quantitative estimate of drug-likeness (QED) is 0.828. The van der Waals surface area contributed by atoms with Crippen LogP contribution in [0.3, 0.4) is 0 Å². The van der Waals surface area contributed by atoms with E-state index in [4.69, 9.17) is 0 Å². The van der Waals surface area contributed by atoms with E-state index >= 15 is 0 Å². The van der Waals surface area contributed by atoms with Crippen molar-refractivity contribution in [2.75, 3.05) is 20.6 Å². The Bertz CT molecular complexity index is 450. The van der Waals surface area contributed by atoms with Gasteiger partial charge in [0.15, 0.2) is 0 Å². The SMILES string of the molecule is CCNC(Cc1cc(F)cc(Br)c1)C1(N(C)C)CCCC1. The second-order valence-corrected chi connectivity index (χ2v) is 7.21. The number of nitrogens with zero attached hydrogens (tertiary/aromatic N) is 1. The van der Waals surface area contributed by atoms with Crippen LogP contribution in [0.4, 0.5) is 4.39 Å². The van der Waals surface area contributed by atoms with Crippen LogP contribution in [-0.2, 0) is 6.42 Å². The summed E-state index contributed by atoms with van der Waals surface area (Å²) in [5, 5.41) is 3.65. The molecule has 1 aromatic carbocycles. The molecule has 1 unspecified atom stereocenters. The fraction of sp³-hybridized carbons (Fsp3) is 0.647. The molecule has 0 radical (unpaired) electrons. The van der Waals surface area contributed by atoms with Crippen LogP contribution in [0.2, 0.25) is 0 Å². The fourth-order valence-corrected chi connectivity index (χ4v) is 4.27. The predicted octanol–water partition coefficient (Wildman–Crippen LogP) is 3.98. The van der Waals surface area contributed by atoms with Crippen LogP contribution in [0.5, 0.6) is 0 Å². The van der Waals surface area contributed by atoms with Crippen LogP contribution >= 0.6 is 15.9 Å². The number of hydrogen-bond donors (Lipinski definition) is 1. The van der Waals surface area contributed by atoms with Crippen molar-refractivity contribution in [1.82, 2.24) is 10.2 Å². The van der Waals surface area contributed by atoms with E-state index in [1.807, 2.05) is 6.07 Å². The molecule has 1 atom stereocenters. The summed E-state index contributed by atoms with van der Waals surface area (Å²) >= 11 is 3.40. The molecule has 1 fully saturated rings. The van der Waals surface area contributed by atoms with Gasteiger partial charge in [0.1, 0.15) is 5.82 Å². The van der Waals surface area contributed by atoms with Gasteiger partial charge in [0.25, 0.3) is 0 Å². The Morgan fingerprint density at radius 2 is 1.95 bits per heavy atom. The third kappa shape index (κ3) is 3.85. The number of rotatable bonds is 6. The van der Waals surface area contributed by atoms with Gasteiger partial charge in [-0.1, -0.05) is 35.7 Å². The van der Waals surface area contributed by atoms with Gasteiger partial charge in [-0.15, -0.1) is 0 Å². The molecule has 2 rings (SSSR count). The third-order valence-corrected chi connectivity index (χ3v) is 5.28. The summed E-state index contributed by atoms with van der Waals surface area (Å²) in [5.74, 6) is -0.167. The highest BCUT2D eigenvalue weighted by Gasteiger charge is 2.42. The Kier molecular flexibility index (Phi) is 5.81. The van der Waals surface area contributed by atoms with Gasteiger partial charge < -0.3 is 10.2 Å². The van der Waals surface area contributed by atoms with Gasteiger partial charge in [0, 0.05) is 16.1 Å². The summed E-state index contributed by atoms with van der Waals surface area (Å²) in [6.45, 7) is 3.09. The monoisotopic (exact) mass is 356 g/mol. The van der Waals surface area contributed by atoms with Crippen molar-refractivity contribution in [3.63, 3.8) is 0 Å². The zero-order valence-electron chi connectivity index (χ0n) is 13.3. The lowest BCUT2D eigenvalue weighted by atomic mass is 9.83. The maximum atomic E-state index is 13.6. The van der Waals surface area contributed by atoms with E-state index < -0.39 is 0 Å². The maximum absolute atomic E-state index is 13.6.